The highest BCUT2D eigenvalue weighted by atomic mass is 79.9. The fourth-order valence-electron chi connectivity index (χ4n) is 1.68. The number of carbonyl (C=O) groups is 1. The van der Waals surface area contributed by atoms with Crippen molar-refractivity contribution < 1.29 is 19.0 Å². The van der Waals surface area contributed by atoms with Gasteiger partial charge in [-0.3, -0.25) is 4.79 Å². The number of hydrogen-bond donors (Lipinski definition) is 1. The van der Waals surface area contributed by atoms with Crippen molar-refractivity contribution in [3.05, 3.63) is 22.2 Å². The Morgan fingerprint density at radius 1 is 1.29 bits per heavy atom. The van der Waals surface area contributed by atoms with E-state index in [2.05, 4.69) is 21.2 Å². The molecule has 0 heterocycles. The Bertz CT molecular complexity index is 465. The number of ether oxygens (including phenoxy) is 3. The van der Waals surface area contributed by atoms with Crippen molar-refractivity contribution in [2.45, 2.75) is 20.3 Å². The van der Waals surface area contributed by atoms with Gasteiger partial charge in [-0.1, -0.05) is 6.92 Å². The molecule has 0 radical (unpaired) electrons. The van der Waals surface area contributed by atoms with Gasteiger partial charge >= 0.3 is 0 Å². The minimum absolute atomic E-state index is 0.171. The predicted molar refractivity (Wildman–Crippen MR) is 85.3 cm³/mol. The lowest BCUT2D eigenvalue weighted by Gasteiger charge is -2.14. The molecule has 1 aromatic rings. The molecule has 0 spiro atoms. The standard InChI is InChI=1S/C15H22BrNO4/c1-4-7-21-14-12(16)9-11(10-13(14)19-3)15(18)17-6-8-20-5-2/h9-10H,4-8H2,1-3H3,(H,17,18). The van der Waals surface area contributed by atoms with Gasteiger partial charge < -0.3 is 19.5 Å². The van der Waals surface area contributed by atoms with Crippen molar-refractivity contribution >= 4 is 21.8 Å². The highest BCUT2D eigenvalue weighted by Crippen LogP contribution is 2.36. The van der Waals surface area contributed by atoms with Crippen LogP contribution in [-0.4, -0.2) is 39.4 Å². The van der Waals surface area contributed by atoms with Crippen LogP contribution >= 0.6 is 15.9 Å². The summed E-state index contributed by atoms with van der Waals surface area (Å²) in [7, 11) is 1.55. The molecule has 6 heteroatoms. The van der Waals surface area contributed by atoms with E-state index in [-0.39, 0.29) is 5.91 Å². The van der Waals surface area contributed by atoms with Crippen LogP contribution in [0.1, 0.15) is 30.6 Å². The minimum Gasteiger partial charge on any atom is -0.493 e. The van der Waals surface area contributed by atoms with Crippen molar-refractivity contribution in [2.75, 3.05) is 33.5 Å². The Kier molecular flexibility index (Phi) is 8.15. The predicted octanol–water partition coefficient (Wildman–Crippen LogP) is 3.01. The summed E-state index contributed by atoms with van der Waals surface area (Å²) in [6, 6.07) is 3.40. The van der Waals surface area contributed by atoms with E-state index >= 15 is 0 Å². The first-order chi connectivity index (χ1) is 10.1. The number of amides is 1. The molecule has 118 valence electrons. The Hall–Kier alpha value is -1.27. The summed E-state index contributed by atoms with van der Waals surface area (Å²) >= 11 is 3.42. The van der Waals surface area contributed by atoms with E-state index in [1.807, 2.05) is 13.8 Å². The van der Waals surface area contributed by atoms with E-state index in [1.54, 1.807) is 19.2 Å². The lowest BCUT2D eigenvalue weighted by molar-refractivity contribution is 0.0922. The molecule has 0 bridgehead atoms. The SMILES string of the molecule is CCCOc1c(Br)cc(C(=O)NCCOCC)cc1OC. The number of methoxy groups -OCH3 is 1. The number of hydrogen-bond acceptors (Lipinski definition) is 4. The fourth-order valence-corrected chi connectivity index (χ4v) is 2.23. The van der Waals surface area contributed by atoms with E-state index in [0.29, 0.717) is 47.9 Å². The molecule has 0 aliphatic rings. The van der Waals surface area contributed by atoms with Crippen LogP contribution in [-0.2, 0) is 4.74 Å². The Balaban J connectivity index is 2.79. The molecule has 0 saturated carbocycles. The summed E-state index contributed by atoms with van der Waals surface area (Å²) in [6.07, 6.45) is 0.898. The maximum Gasteiger partial charge on any atom is 0.251 e. The first kappa shape index (κ1) is 17.8. The second-order valence-electron chi connectivity index (χ2n) is 4.29. The molecule has 21 heavy (non-hydrogen) atoms. The molecule has 1 amide bonds. The summed E-state index contributed by atoms with van der Waals surface area (Å²) in [5.74, 6) is 0.980. The van der Waals surface area contributed by atoms with Crippen LogP contribution in [0.2, 0.25) is 0 Å². The molecule has 1 N–H and O–H groups in total. The third-order valence-corrected chi connectivity index (χ3v) is 3.27. The molecular formula is C15H22BrNO4. The van der Waals surface area contributed by atoms with Gasteiger partial charge in [-0.2, -0.15) is 0 Å². The quantitative estimate of drug-likeness (QED) is 0.688. The molecule has 0 aliphatic heterocycles. The number of carbonyl (C=O) groups excluding carboxylic acids is 1. The molecular weight excluding hydrogens is 338 g/mol. The van der Waals surface area contributed by atoms with Crippen LogP contribution in [0.25, 0.3) is 0 Å². The summed E-state index contributed by atoms with van der Waals surface area (Å²) in [6.45, 7) is 6.14. The van der Waals surface area contributed by atoms with E-state index in [0.717, 1.165) is 6.42 Å². The van der Waals surface area contributed by atoms with Crippen LogP contribution in [0.4, 0.5) is 0 Å². The van der Waals surface area contributed by atoms with Crippen LogP contribution in [0.5, 0.6) is 11.5 Å². The van der Waals surface area contributed by atoms with E-state index in [4.69, 9.17) is 14.2 Å². The molecule has 0 aromatic heterocycles. The molecule has 1 rings (SSSR count). The van der Waals surface area contributed by atoms with Gasteiger partial charge in [-0.15, -0.1) is 0 Å². The number of nitrogens with one attached hydrogen (secondary N) is 1. The molecule has 0 aliphatic carbocycles. The van der Waals surface area contributed by atoms with Crippen molar-refractivity contribution in [3.8, 4) is 11.5 Å². The number of halogens is 1. The molecule has 0 fully saturated rings. The first-order valence-corrected chi connectivity index (χ1v) is 7.79. The van der Waals surface area contributed by atoms with Gasteiger partial charge in [0.25, 0.3) is 5.91 Å². The lowest BCUT2D eigenvalue weighted by Crippen LogP contribution is -2.27. The highest BCUT2D eigenvalue weighted by Gasteiger charge is 2.15. The average molecular weight is 360 g/mol. The summed E-state index contributed by atoms with van der Waals surface area (Å²) in [5, 5.41) is 2.79. The number of rotatable bonds is 9. The topological polar surface area (TPSA) is 56.8 Å². The normalized spacial score (nSPS) is 10.3. The zero-order valence-electron chi connectivity index (χ0n) is 12.7. The van der Waals surface area contributed by atoms with Crippen molar-refractivity contribution in [1.82, 2.24) is 5.32 Å². The minimum atomic E-state index is -0.171. The number of benzene rings is 1. The van der Waals surface area contributed by atoms with Crippen molar-refractivity contribution in [3.63, 3.8) is 0 Å². The molecule has 0 unspecified atom stereocenters. The highest BCUT2D eigenvalue weighted by molar-refractivity contribution is 9.10. The van der Waals surface area contributed by atoms with Gasteiger partial charge in [0.05, 0.1) is 24.8 Å². The third-order valence-electron chi connectivity index (χ3n) is 2.68. The third kappa shape index (κ3) is 5.55. The Labute approximate surface area is 134 Å². The fraction of sp³-hybridized carbons (Fsp3) is 0.533. The van der Waals surface area contributed by atoms with Crippen LogP contribution in [0, 0.1) is 0 Å². The van der Waals surface area contributed by atoms with Crippen LogP contribution < -0.4 is 14.8 Å². The maximum absolute atomic E-state index is 12.1. The van der Waals surface area contributed by atoms with E-state index < -0.39 is 0 Å². The second-order valence-corrected chi connectivity index (χ2v) is 5.15. The largest absolute Gasteiger partial charge is 0.493 e. The molecule has 1 aromatic carbocycles. The zero-order valence-corrected chi connectivity index (χ0v) is 14.3. The maximum atomic E-state index is 12.1. The van der Waals surface area contributed by atoms with Gasteiger partial charge in [-0.05, 0) is 41.4 Å². The van der Waals surface area contributed by atoms with Gasteiger partial charge in [0.15, 0.2) is 11.5 Å². The summed E-state index contributed by atoms with van der Waals surface area (Å²) < 4.78 is 16.8. The van der Waals surface area contributed by atoms with Crippen LogP contribution in [0.15, 0.2) is 16.6 Å². The Morgan fingerprint density at radius 3 is 2.67 bits per heavy atom. The summed E-state index contributed by atoms with van der Waals surface area (Å²) in [4.78, 5) is 12.1. The second kappa shape index (κ2) is 9.63. The van der Waals surface area contributed by atoms with Crippen molar-refractivity contribution in [2.24, 2.45) is 0 Å². The lowest BCUT2D eigenvalue weighted by atomic mass is 10.2. The van der Waals surface area contributed by atoms with E-state index in [1.165, 1.54) is 0 Å². The molecule has 5 nitrogen and oxygen atoms in total. The van der Waals surface area contributed by atoms with Crippen LogP contribution in [0.3, 0.4) is 0 Å². The molecule has 0 atom stereocenters. The van der Waals surface area contributed by atoms with Gasteiger partial charge in [-0.25, -0.2) is 0 Å². The smallest absolute Gasteiger partial charge is 0.251 e. The zero-order chi connectivity index (χ0) is 15.7. The summed E-state index contributed by atoms with van der Waals surface area (Å²) in [5.41, 5.74) is 0.513. The van der Waals surface area contributed by atoms with Crippen molar-refractivity contribution in [1.29, 1.82) is 0 Å². The van der Waals surface area contributed by atoms with Gasteiger partial charge in [0.1, 0.15) is 0 Å². The van der Waals surface area contributed by atoms with E-state index in [9.17, 15) is 4.79 Å². The average Bonchev–Trinajstić information content (AvgIpc) is 2.49. The van der Waals surface area contributed by atoms with Gasteiger partial charge in [0.2, 0.25) is 0 Å². The first-order valence-electron chi connectivity index (χ1n) is 7.00. The Morgan fingerprint density at radius 2 is 2.05 bits per heavy atom. The molecule has 0 saturated heterocycles. The van der Waals surface area contributed by atoms with Gasteiger partial charge in [0, 0.05) is 18.7 Å². The monoisotopic (exact) mass is 359 g/mol.